The lowest BCUT2D eigenvalue weighted by Gasteiger charge is -2.00. The van der Waals surface area contributed by atoms with Crippen molar-refractivity contribution in [2.75, 3.05) is 11.1 Å². The van der Waals surface area contributed by atoms with E-state index in [1.165, 1.54) is 6.20 Å². The van der Waals surface area contributed by atoms with Crippen molar-refractivity contribution in [2.24, 2.45) is 7.05 Å². The zero-order valence-corrected chi connectivity index (χ0v) is 7.68. The van der Waals surface area contributed by atoms with E-state index in [-0.39, 0.29) is 0 Å². The second-order valence-corrected chi connectivity index (χ2v) is 2.85. The fourth-order valence-corrected chi connectivity index (χ4v) is 1.04. The molecule has 0 radical (unpaired) electrons. The van der Waals surface area contributed by atoms with E-state index >= 15 is 0 Å². The summed E-state index contributed by atoms with van der Waals surface area (Å²) in [5, 5.41) is 7.05. The molecule has 0 spiro atoms. The van der Waals surface area contributed by atoms with Gasteiger partial charge in [0.2, 0.25) is 0 Å². The molecule has 14 heavy (non-hydrogen) atoms. The number of aromatic nitrogens is 4. The van der Waals surface area contributed by atoms with Gasteiger partial charge in [-0.15, -0.1) is 0 Å². The van der Waals surface area contributed by atoms with Crippen molar-refractivity contribution in [2.45, 2.75) is 0 Å². The number of nitrogens with one attached hydrogen (secondary N) is 1. The van der Waals surface area contributed by atoms with Crippen LogP contribution in [0.5, 0.6) is 0 Å². The molecule has 0 bridgehead atoms. The minimum atomic E-state index is 0.404. The van der Waals surface area contributed by atoms with Crippen LogP contribution in [-0.2, 0) is 7.05 Å². The van der Waals surface area contributed by atoms with Gasteiger partial charge in [-0.25, -0.2) is 9.97 Å². The summed E-state index contributed by atoms with van der Waals surface area (Å²) >= 11 is 0. The van der Waals surface area contributed by atoms with E-state index in [0.717, 1.165) is 5.69 Å². The number of hydrogen-bond acceptors (Lipinski definition) is 5. The number of nitrogens with two attached hydrogens (primary N) is 1. The van der Waals surface area contributed by atoms with E-state index < -0.39 is 0 Å². The molecule has 0 unspecified atom stereocenters. The molecule has 2 heterocycles. The summed E-state index contributed by atoms with van der Waals surface area (Å²) in [5.41, 5.74) is 6.27. The first-order valence-corrected chi connectivity index (χ1v) is 4.07. The third-order valence-corrected chi connectivity index (χ3v) is 1.65. The van der Waals surface area contributed by atoms with Crippen molar-refractivity contribution >= 4 is 17.3 Å². The molecule has 2 rings (SSSR count). The number of rotatable bonds is 2. The van der Waals surface area contributed by atoms with Crippen molar-refractivity contribution < 1.29 is 0 Å². The zero-order chi connectivity index (χ0) is 9.97. The highest BCUT2D eigenvalue weighted by molar-refractivity contribution is 5.53. The number of nitrogen functional groups attached to an aromatic ring is 1. The van der Waals surface area contributed by atoms with Crippen molar-refractivity contribution in [3.05, 3.63) is 24.8 Å². The highest BCUT2D eigenvalue weighted by Crippen LogP contribution is 2.11. The van der Waals surface area contributed by atoms with E-state index in [9.17, 15) is 0 Å². The standard InChI is InChI=1S/C8H10N6/c1-14-5-6(2-12-14)13-8-4-10-7(9)3-11-8/h2-5H,1H3,(H2,9,10)(H,11,13). The Kier molecular flexibility index (Phi) is 2.02. The molecule has 2 aromatic rings. The maximum absolute atomic E-state index is 5.41. The Morgan fingerprint density at radius 3 is 2.71 bits per heavy atom. The average Bonchev–Trinajstić information content (AvgIpc) is 2.56. The van der Waals surface area contributed by atoms with Gasteiger partial charge < -0.3 is 11.1 Å². The van der Waals surface area contributed by atoms with E-state index in [2.05, 4.69) is 20.4 Å². The van der Waals surface area contributed by atoms with Gasteiger partial charge in [0, 0.05) is 13.2 Å². The summed E-state index contributed by atoms with van der Waals surface area (Å²) < 4.78 is 1.70. The van der Waals surface area contributed by atoms with Crippen LogP contribution in [0.3, 0.4) is 0 Å². The number of anilines is 3. The largest absolute Gasteiger partial charge is 0.382 e. The van der Waals surface area contributed by atoms with E-state index in [0.29, 0.717) is 11.6 Å². The maximum Gasteiger partial charge on any atom is 0.149 e. The molecule has 0 fully saturated rings. The second-order valence-electron chi connectivity index (χ2n) is 2.85. The molecule has 0 atom stereocenters. The predicted molar refractivity (Wildman–Crippen MR) is 52.9 cm³/mol. The van der Waals surface area contributed by atoms with Crippen LogP contribution in [0, 0.1) is 0 Å². The molecule has 6 nitrogen and oxygen atoms in total. The Morgan fingerprint density at radius 2 is 2.14 bits per heavy atom. The first kappa shape index (κ1) is 8.49. The fourth-order valence-electron chi connectivity index (χ4n) is 1.04. The molecule has 0 aromatic carbocycles. The monoisotopic (exact) mass is 190 g/mol. The summed E-state index contributed by atoms with van der Waals surface area (Å²) in [6.45, 7) is 0. The van der Waals surface area contributed by atoms with E-state index in [1.807, 2.05) is 13.2 Å². The average molecular weight is 190 g/mol. The molecule has 72 valence electrons. The molecule has 0 aliphatic rings. The molecular weight excluding hydrogens is 180 g/mol. The van der Waals surface area contributed by atoms with Gasteiger partial charge in [0.25, 0.3) is 0 Å². The van der Waals surface area contributed by atoms with Gasteiger partial charge in [0.05, 0.1) is 24.3 Å². The van der Waals surface area contributed by atoms with Crippen LogP contribution < -0.4 is 11.1 Å². The zero-order valence-electron chi connectivity index (χ0n) is 7.68. The van der Waals surface area contributed by atoms with Crippen molar-refractivity contribution in [3.63, 3.8) is 0 Å². The number of nitrogens with zero attached hydrogens (tertiary/aromatic N) is 4. The summed E-state index contributed by atoms with van der Waals surface area (Å²) in [5.74, 6) is 1.05. The lowest BCUT2D eigenvalue weighted by Crippen LogP contribution is -1.96. The lowest BCUT2D eigenvalue weighted by molar-refractivity contribution is 0.768. The molecular formula is C8H10N6. The van der Waals surface area contributed by atoms with Crippen LogP contribution in [0.15, 0.2) is 24.8 Å². The minimum Gasteiger partial charge on any atom is -0.382 e. The van der Waals surface area contributed by atoms with Crippen LogP contribution in [0.4, 0.5) is 17.3 Å². The van der Waals surface area contributed by atoms with Gasteiger partial charge in [-0.05, 0) is 0 Å². The quantitative estimate of drug-likeness (QED) is 0.722. The van der Waals surface area contributed by atoms with Gasteiger partial charge in [0.15, 0.2) is 0 Å². The van der Waals surface area contributed by atoms with Gasteiger partial charge in [-0.3, -0.25) is 4.68 Å². The van der Waals surface area contributed by atoms with Gasteiger partial charge in [-0.1, -0.05) is 0 Å². The van der Waals surface area contributed by atoms with Crippen LogP contribution in [0.2, 0.25) is 0 Å². The van der Waals surface area contributed by atoms with Crippen molar-refractivity contribution in [3.8, 4) is 0 Å². The normalized spacial score (nSPS) is 10.1. The van der Waals surface area contributed by atoms with E-state index in [4.69, 9.17) is 5.73 Å². The summed E-state index contributed by atoms with van der Waals surface area (Å²) in [7, 11) is 1.85. The molecule has 2 aromatic heterocycles. The third kappa shape index (κ3) is 1.79. The van der Waals surface area contributed by atoms with Gasteiger partial charge >= 0.3 is 0 Å². The van der Waals surface area contributed by atoms with Crippen molar-refractivity contribution in [1.82, 2.24) is 19.7 Å². The Hall–Kier alpha value is -2.11. The van der Waals surface area contributed by atoms with Crippen LogP contribution in [0.1, 0.15) is 0 Å². The smallest absolute Gasteiger partial charge is 0.149 e. The number of aryl methyl sites for hydroxylation is 1. The molecule has 0 aliphatic carbocycles. The van der Waals surface area contributed by atoms with Crippen molar-refractivity contribution in [1.29, 1.82) is 0 Å². The summed E-state index contributed by atoms with van der Waals surface area (Å²) in [6, 6.07) is 0. The molecule has 0 aliphatic heterocycles. The molecule has 6 heteroatoms. The van der Waals surface area contributed by atoms with E-state index in [1.54, 1.807) is 17.1 Å². The highest BCUT2D eigenvalue weighted by atomic mass is 15.3. The lowest BCUT2D eigenvalue weighted by atomic mass is 10.5. The third-order valence-electron chi connectivity index (χ3n) is 1.65. The Morgan fingerprint density at radius 1 is 1.29 bits per heavy atom. The molecule has 0 saturated carbocycles. The summed E-state index contributed by atoms with van der Waals surface area (Å²) in [6.07, 6.45) is 6.62. The minimum absolute atomic E-state index is 0.404. The number of hydrogen-bond donors (Lipinski definition) is 2. The molecule has 0 amide bonds. The first-order valence-electron chi connectivity index (χ1n) is 4.07. The summed E-state index contributed by atoms with van der Waals surface area (Å²) in [4.78, 5) is 7.95. The SMILES string of the molecule is Cn1cc(Nc2cnc(N)cn2)cn1. The Balaban J connectivity index is 2.15. The molecule has 3 N–H and O–H groups in total. The van der Waals surface area contributed by atoms with Crippen LogP contribution >= 0.6 is 0 Å². The predicted octanol–water partition coefficient (Wildman–Crippen LogP) is 0.536. The maximum atomic E-state index is 5.41. The van der Waals surface area contributed by atoms with Gasteiger partial charge in [0.1, 0.15) is 11.6 Å². The molecule has 0 saturated heterocycles. The second kappa shape index (κ2) is 3.33. The van der Waals surface area contributed by atoms with Crippen LogP contribution in [-0.4, -0.2) is 19.7 Å². The Bertz CT molecular complexity index is 418. The highest BCUT2D eigenvalue weighted by Gasteiger charge is 1.97. The topological polar surface area (TPSA) is 81.7 Å². The van der Waals surface area contributed by atoms with Crippen LogP contribution in [0.25, 0.3) is 0 Å². The fraction of sp³-hybridized carbons (Fsp3) is 0.125. The first-order chi connectivity index (χ1) is 6.74. The Labute approximate surface area is 80.8 Å². The van der Waals surface area contributed by atoms with Gasteiger partial charge in [-0.2, -0.15) is 5.10 Å².